The third-order valence-corrected chi connectivity index (χ3v) is 2.26. The zero-order chi connectivity index (χ0) is 13.8. The SMILES string of the molecule is CCCCCCCCC(=O)ONC(=N)NC(=N)N. The second-order valence-electron chi connectivity index (χ2n) is 4.01. The maximum Gasteiger partial charge on any atom is 0.332 e. The number of hydrogen-bond donors (Lipinski definition) is 5. The van der Waals surface area contributed by atoms with E-state index in [-0.39, 0.29) is 11.9 Å². The van der Waals surface area contributed by atoms with Crippen LogP contribution in [0.25, 0.3) is 0 Å². The number of unbranched alkanes of at least 4 members (excludes halogenated alkanes) is 5. The Labute approximate surface area is 107 Å². The summed E-state index contributed by atoms with van der Waals surface area (Å²) in [4.78, 5) is 15.8. The van der Waals surface area contributed by atoms with Gasteiger partial charge in [-0.05, 0) is 6.42 Å². The molecule has 0 amide bonds. The molecule has 0 rings (SSSR count). The average Bonchev–Trinajstić information content (AvgIpc) is 2.30. The lowest BCUT2D eigenvalue weighted by Crippen LogP contribution is -2.43. The van der Waals surface area contributed by atoms with Crippen molar-refractivity contribution < 1.29 is 9.63 Å². The molecule has 0 aromatic rings. The van der Waals surface area contributed by atoms with Crippen molar-refractivity contribution in [3.8, 4) is 0 Å². The summed E-state index contributed by atoms with van der Waals surface area (Å²) >= 11 is 0. The highest BCUT2D eigenvalue weighted by atomic mass is 16.7. The molecule has 0 fully saturated rings. The normalized spacial score (nSPS) is 9.61. The van der Waals surface area contributed by atoms with Gasteiger partial charge in [-0.25, -0.2) is 4.79 Å². The number of nitrogens with one attached hydrogen (secondary N) is 4. The lowest BCUT2D eigenvalue weighted by Gasteiger charge is -2.08. The van der Waals surface area contributed by atoms with Crippen LogP contribution in [0.3, 0.4) is 0 Å². The van der Waals surface area contributed by atoms with E-state index >= 15 is 0 Å². The first-order chi connectivity index (χ1) is 8.56. The molecule has 6 N–H and O–H groups in total. The number of rotatable bonds is 7. The molecule has 18 heavy (non-hydrogen) atoms. The smallest absolute Gasteiger partial charge is 0.332 e. The molecule has 0 radical (unpaired) electrons. The minimum atomic E-state index is -0.416. The van der Waals surface area contributed by atoms with Gasteiger partial charge in [-0.3, -0.25) is 16.1 Å². The third kappa shape index (κ3) is 10.7. The number of nitrogens with two attached hydrogens (primary N) is 1. The number of guanidine groups is 2. The van der Waals surface area contributed by atoms with Crippen molar-refractivity contribution >= 4 is 17.9 Å². The predicted octanol–water partition coefficient (Wildman–Crippen LogP) is 1.20. The van der Waals surface area contributed by atoms with E-state index in [4.69, 9.17) is 16.6 Å². The predicted molar refractivity (Wildman–Crippen MR) is 70.0 cm³/mol. The molecule has 0 aliphatic heterocycles. The van der Waals surface area contributed by atoms with Gasteiger partial charge in [0.1, 0.15) is 0 Å². The first-order valence-electron chi connectivity index (χ1n) is 6.21. The van der Waals surface area contributed by atoms with Crippen molar-refractivity contribution in [3.05, 3.63) is 0 Å². The maximum absolute atomic E-state index is 11.2. The van der Waals surface area contributed by atoms with Crippen LogP contribution >= 0.6 is 0 Å². The van der Waals surface area contributed by atoms with Gasteiger partial charge in [-0.15, -0.1) is 0 Å². The summed E-state index contributed by atoms with van der Waals surface area (Å²) in [6.07, 6.45) is 6.91. The Kier molecular flexibility index (Phi) is 9.34. The third-order valence-electron chi connectivity index (χ3n) is 2.26. The molecule has 0 bridgehead atoms. The highest BCUT2D eigenvalue weighted by molar-refractivity contribution is 5.94. The van der Waals surface area contributed by atoms with Gasteiger partial charge in [0.2, 0.25) is 5.96 Å². The van der Waals surface area contributed by atoms with Crippen LogP contribution in [0.5, 0.6) is 0 Å². The average molecular weight is 257 g/mol. The first kappa shape index (κ1) is 16.2. The van der Waals surface area contributed by atoms with Crippen LogP contribution in [0, 0.1) is 10.8 Å². The number of hydrogen-bond acceptors (Lipinski definition) is 4. The zero-order valence-electron chi connectivity index (χ0n) is 10.8. The highest BCUT2D eigenvalue weighted by Crippen LogP contribution is 2.06. The second-order valence-corrected chi connectivity index (χ2v) is 4.01. The number of hydroxylamine groups is 1. The van der Waals surface area contributed by atoms with Crippen molar-refractivity contribution in [2.75, 3.05) is 0 Å². The van der Waals surface area contributed by atoms with E-state index < -0.39 is 5.97 Å². The van der Waals surface area contributed by atoms with E-state index in [1.165, 1.54) is 19.3 Å². The van der Waals surface area contributed by atoms with Gasteiger partial charge >= 0.3 is 5.97 Å². The van der Waals surface area contributed by atoms with Crippen molar-refractivity contribution in [3.63, 3.8) is 0 Å². The molecule has 0 saturated carbocycles. The van der Waals surface area contributed by atoms with Crippen LogP contribution in [0.1, 0.15) is 51.9 Å². The van der Waals surface area contributed by atoms with Gasteiger partial charge in [0.05, 0.1) is 0 Å². The summed E-state index contributed by atoms with van der Waals surface area (Å²) in [6.45, 7) is 2.16. The van der Waals surface area contributed by atoms with Crippen molar-refractivity contribution in [1.29, 1.82) is 10.8 Å². The molecule has 0 aromatic heterocycles. The van der Waals surface area contributed by atoms with Gasteiger partial charge in [0.25, 0.3) is 0 Å². The Bertz CT molecular complexity index is 281. The molecule has 0 aliphatic carbocycles. The molecule has 0 unspecified atom stereocenters. The van der Waals surface area contributed by atoms with Crippen LogP contribution in [0.2, 0.25) is 0 Å². The summed E-state index contributed by atoms with van der Waals surface area (Å²) in [6, 6.07) is 0. The van der Waals surface area contributed by atoms with Crippen LogP contribution in [0.4, 0.5) is 0 Å². The molecule has 0 aromatic carbocycles. The van der Waals surface area contributed by atoms with Gasteiger partial charge < -0.3 is 10.6 Å². The van der Waals surface area contributed by atoms with Crippen molar-refractivity contribution in [2.24, 2.45) is 5.73 Å². The standard InChI is InChI=1S/C11H23N5O2/c1-2-3-4-5-6-7-8-9(17)18-16-11(14)15-10(12)13/h2-8H2,1H3,(H6,12,13,14,15,16). The molecular formula is C11H23N5O2. The molecule has 0 saturated heterocycles. The highest BCUT2D eigenvalue weighted by Gasteiger charge is 2.04. The van der Waals surface area contributed by atoms with E-state index in [1.807, 2.05) is 0 Å². The van der Waals surface area contributed by atoms with E-state index in [2.05, 4.69) is 22.6 Å². The number of carbonyl (C=O) groups is 1. The van der Waals surface area contributed by atoms with Gasteiger partial charge in [-0.2, -0.15) is 5.48 Å². The summed E-state index contributed by atoms with van der Waals surface area (Å²) in [5, 5.41) is 16.2. The van der Waals surface area contributed by atoms with Crippen LogP contribution < -0.4 is 16.5 Å². The van der Waals surface area contributed by atoms with Gasteiger partial charge in [-0.1, -0.05) is 39.0 Å². The van der Waals surface area contributed by atoms with E-state index in [9.17, 15) is 4.79 Å². The van der Waals surface area contributed by atoms with Crippen molar-refractivity contribution in [1.82, 2.24) is 10.8 Å². The van der Waals surface area contributed by atoms with E-state index in [0.717, 1.165) is 19.3 Å². The summed E-state index contributed by atoms with van der Waals surface area (Å²) in [5.74, 6) is -1.14. The molecule has 0 spiro atoms. The Balaban J connectivity index is 3.43. The Morgan fingerprint density at radius 1 is 1.17 bits per heavy atom. The lowest BCUT2D eigenvalue weighted by atomic mass is 10.1. The Morgan fingerprint density at radius 3 is 2.39 bits per heavy atom. The van der Waals surface area contributed by atoms with E-state index in [1.54, 1.807) is 0 Å². The van der Waals surface area contributed by atoms with Crippen LogP contribution in [-0.2, 0) is 9.63 Å². The van der Waals surface area contributed by atoms with Gasteiger partial charge in [0.15, 0.2) is 5.96 Å². The topological polar surface area (TPSA) is 124 Å². The molecule has 0 aliphatic rings. The molecule has 0 heterocycles. The largest absolute Gasteiger partial charge is 0.370 e. The fourth-order valence-electron chi connectivity index (χ4n) is 1.37. The summed E-state index contributed by atoms with van der Waals surface area (Å²) in [7, 11) is 0. The van der Waals surface area contributed by atoms with Crippen molar-refractivity contribution in [2.45, 2.75) is 51.9 Å². The zero-order valence-corrected chi connectivity index (χ0v) is 10.8. The Hall–Kier alpha value is -1.79. The monoisotopic (exact) mass is 257 g/mol. The van der Waals surface area contributed by atoms with Gasteiger partial charge in [0, 0.05) is 6.42 Å². The van der Waals surface area contributed by atoms with Crippen LogP contribution in [0.15, 0.2) is 0 Å². The lowest BCUT2D eigenvalue weighted by molar-refractivity contribution is -0.148. The summed E-state index contributed by atoms with van der Waals surface area (Å²) < 4.78 is 0. The number of carbonyl (C=O) groups excluding carboxylic acids is 1. The summed E-state index contributed by atoms with van der Waals surface area (Å²) in [5.41, 5.74) is 7.07. The van der Waals surface area contributed by atoms with E-state index in [0.29, 0.717) is 6.42 Å². The molecule has 7 nitrogen and oxygen atoms in total. The molecule has 7 heteroatoms. The quantitative estimate of drug-likeness (QED) is 0.203. The fraction of sp³-hybridized carbons (Fsp3) is 0.727. The minimum absolute atomic E-state index is 0.326. The minimum Gasteiger partial charge on any atom is -0.370 e. The van der Waals surface area contributed by atoms with Crippen LogP contribution in [-0.4, -0.2) is 17.9 Å². The molecular weight excluding hydrogens is 234 g/mol. The Morgan fingerprint density at radius 2 is 1.78 bits per heavy atom. The molecule has 104 valence electrons. The fourth-order valence-corrected chi connectivity index (χ4v) is 1.37. The second kappa shape index (κ2) is 10.4. The molecule has 0 atom stereocenters. The maximum atomic E-state index is 11.2. The first-order valence-corrected chi connectivity index (χ1v) is 6.21.